The minimum Gasteiger partial charge on any atom is -0.465 e. The Hall–Kier alpha value is -1.77. The molecule has 0 saturated carbocycles. The summed E-state index contributed by atoms with van der Waals surface area (Å²) < 4.78 is 42.5. The van der Waals surface area contributed by atoms with Crippen LogP contribution in [0.25, 0.3) is 0 Å². The molecule has 1 aromatic rings. The van der Waals surface area contributed by atoms with Crippen LogP contribution in [-0.4, -0.2) is 23.3 Å². The third-order valence-corrected chi connectivity index (χ3v) is 3.63. The molecule has 0 aliphatic rings. The van der Waals surface area contributed by atoms with E-state index in [1.807, 2.05) is 6.92 Å². The van der Waals surface area contributed by atoms with Gasteiger partial charge in [0.1, 0.15) is 0 Å². The van der Waals surface area contributed by atoms with E-state index in [1.165, 1.54) is 0 Å². The fourth-order valence-electron chi connectivity index (χ4n) is 1.47. The highest BCUT2D eigenvalue weighted by Gasteiger charge is 2.33. The summed E-state index contributed by atoms with van der Waals surface area (Å²) in [5.41, 5.74) is -1.78. The zero-order chi connectivity index (χ0) is 16.8. The zero-order valence-electron chi connectivity index (χ0n) is 11.7. The van der Waals surface area contributed by atoms with Crippen LogP contribution >= 0.6 is 11.8 Å². The molecule has 0 N–H and O–H groups in total. The van der Waals surface area contributed by atoms with Crippen molar-refractivity contribution in [1.82, 2.24) is 0 Å². The van der Waals surface area contributed by atoms with Gasteiger partial charge in [-0.25, -0.2) is 0 Å². The van der Waals surface area contributed by atoms with Crippen LogP contribution in [0.4, 0.5) is 18.9 Å². The fraction of sp³-hybridized carbons (Fsp3) is 0.462. The second kappa shape index (κ2) is 8.02. The molecule has 0 radical (unpaired) electrons. The van der Waals surface area contributed by atoms with Crippen molar-refractivity contribution >= 4 is 23.4 Å². The van der Waals surface area contributed by atoms with E-state index >= 15 is 0 Å². The summed E-state index contributed by atoms with van der Waals surface area (Å²) >= 11 is 0.777. The average molecular weight is 337 g/mol. The summed E-state index contributed by atoms with van der Waals surface area (Å²) in [6.45, 7) is 2.18. The quantitative estimate of drug-likeness (QED) is 0.247. The molecule has 0 bridgehead atoms. The summed E-state index contributed by atoms with van der Waals surface area (Å²) in [5, 5.41) is 10.9. The lowest BCUT2D eigenvalue weighted by Gasteiger charge is -2.08. The molecule has 0 heterocycles. The van der Waals surface area contributed by atoms with Gasteiger partial charge in [-0.05, 0) is 18.6 Å². The Labute approximate surface area is 129 Å². The summed E-state index contributed by atoms with van der Waals surface area (Å²) in [6.07, 6.45) is -3.10. The molecule has 0 aliphatic heterocycles. The van der Waals surface area contributed by atoms with Crippen molar-refractivity contribution in [3.63, 3.8) is 0 Å². The minimum atomic E-state index is -4.66. The van der Waals surface area contributed by atoms with E-state index in [2.05, 4.69) is 0 Å². The topological polar surface area (TPSA) is 69.4 Å². The first-order valence-corrected chi connectivity index (χ1v) is 7.38. The van der Waals surface area contributed by atoms with Crippen molar-refractivity contribution in [3.8, 4) is 0 Å². The zero-order valence-corrected chi connectivity index (χ0v) is 12.5. The smallest absolute Gasteiger partial charge is 0.416 e. The van der Waals surface area contributed by atoms with Crippen molar-refractivity contribution in [2.24, 2.45) is 0 Å². The van der Waals surface area contributed by atoms with Gasteiger partial charge >= 0.3 is 12.1 Å². The van der Waals surface area contributed by atoms with Crippen molar-refractivity contribution in [2.45, 2.75) is 30.8 Å². The average Bonchev–Trinajstić information content (AvgIpc) is 2.44. The lowest BCUT2D eigenvalue weighted by molar-refractivity contribution is -0.388. The third-order valence-electron chi connectivity index (χ3n) is 2.59. The van der Waals surface area contributed by atoms with E-state index < -0.39 is 28.3 Å². The molecule has 9 heteroatoms. The summed E-state index contributed by atoms with van der Waals surface area (Å²) in [4.78, 5) is 21.4. The SMILES string of the molecule is CCCCOC(=O)CSc1ccc(C(F)(F)F)cc1[N+](=O)[O-]. The molecule has 5 nitrogen and oxygen atoms in total. The molecule has 122 valence electrons. The second-order valence-corrected chi connectivity index (χ2v) is 5.32. The molecule has 0 spiro atoms. The molecule has 0 amide bonds. The normalized spacial score (nSPS) is 11.3. The maximum atomic E-state index is 12.5. The van der Waals surface area contributed by atoms with Crippen molar-refractivity contribution in [2.75, 3.05) is 12.4 Å². The molecule has 22 heavy (non-hydrogen) atoms. The van der Waals surface area contributed by atoms with Crippen molar-refractivity contribution in [3.05, 3.63) is 33.9 Å². The molecule has 0 aromatic heterocycles. The molecule has 0 unspecified atom stereocenters. The lowest BCUT2D eigenvalue weighted by Crippen LogP contribution is -2.09. The maximum Gasteiger partial charge on any atom is 0.416 e. The number of nitro groups is 1. The summed E-state index contributed by atoms with van der Waals surface area (Å²) in [7, 11) is 0. The largest absolute Gasteiger partial charge is 0.465 e. The maximum absolute atomic E-state index is 12.5. The van der Waals surface area contributed by atoms with Crippen LogP contribution in [0.2, 0.25) is 0 Å². The van der Waals surface area contributed by atoms with Crippen molar-refractivity contribution in [1.29, 1.82) is 0 Å². The molecule has 1 aromatic carbocycles. The number of benzene rings is 1. The van der Waals surface area contributed by atoms with E-state index in [4.69, 9.17) is 4.74 Å². The Morgan fingerprint density at radius 1 is 1.41 bits per heavy atom. The number of esters is 1. The van der Waals surface area contributed by atoms with Gasteiger partial charge in [0.2, 0.25) is 0 Å². The number of hydrogen-bond donors (Lipinski definition) is 0. The van der Waals surface area contributed by atoms with Gasteiger partial charge in [0.25, 0.3) is 5.69 Å². The Balaban J connectivity index is 2.78. The number of carbonyl (C=O) groups excluding carboxylic acids is 1. The third kappa shape index (κ3) is 5.55. The number of halogens is 3. The van der Waals surface area contributed by atoms with Crippen LogP contribution in [0.5, 0.6) is 0 Å². The van der Waals surface area contributed by atoms with Gasteiger partial charge in [0.15, 0.2) is 0 Å². The molecular weight excluding hydrogens is 323 g/mol. The second-order valence-electron chi connectivity index (χ2n) is 4.30. The standard InChI is InChI=1S/C13H14F3NO4S/c1-2-3-6-21-12(18)8-22-11-5-4-9(13(14,15)16)7-10(11)17(19)20/h4-5,7H,2-3,6,8H2,1H3. The van der Waals surface area contributed by atoms with E-state index in [0.717, 1.165) is 30.3 Å². The van der Waals surface area contributed by atoms with E-state index in [0.29, 0.717) is 12.5 Å². The number of ether oxygens (including phenoxy) is 1. The Kier molecular flexibility index (Phi) is 6.66. The number of unbranched alkanes of at least 4 members (excludes halogenated alkanes) is 1. The number of rotatable bonds is 7. The first-order chi connectivity index (χ1) is 10.3. The number of alkyl halides is 3. The van der Waals surface area contributed by atoms with Gasteiger partial charge in [-0.1, -0.05) is 13.3 Å². The Morgan fingerprint density at radius 3 is 2.64 bits per heavy atom. The van der Waals surface area contributed by atoms with Gasteiger partial charge in [-0.2, -0.15) is 13.2 Å². The van der Waals surface area contributed by atoms with Crippen LogP contribution in [0.3, 0.4) is 0 Å². The van der Waals surface area contributed by atoms with Crippen molar-refractivity contribution < 1.29 is 27.6 Å². The molecule has 0 atom stereocenters. The van der Waals surface area contributed by atoms with Gasteiger partial charge in [-0.3, -0.25) is 14.9 Å². The molecule has 0 fully saturated rings. The monoisotopic (exact) mass is 337 g/mol. The number of carbonyl (C=O) groups is 1. The Bertz CT molecular complexity index is 549. The van der Waals surface area contributed by atoms with Gasteiger partial charge in [0.05, 0.1) is 27.7 Å². The van der Waals surface area contributed by atoms with E-state index in [1.54, 1.807) is 0 Å². The van der Waals surface area contributed by atoms with Gasteiger partial charge in [-0.15, -0.1) is 11.8 Å². The van der Waals surface area contributed by atoms with Crippen LogP contribution in [0.15, 0.2) is 23.1 Å². The summed E-state index contributed by atoms with van der Waals surface area (Å²) in [6, 6.07) is 2.20. The highest BCUT2D eigenvalue weighted by Crippen LogP contribution is 2.36. The van der Waals surface area contributed by atoms with E-state index in [-0.39, 0.29) is 17.3 Å². The first kappa shape index (κ1) is 18.3. The van der Waals surface area contributed by atoms with Crippen LogP contribution in [0.1, 0.15) is 25.3 Å². The van der Waals surface area contributed by atoms with Gasteiger partial charge in [0, 0.05) is 6.07 Å². The molecule has 0 saturated heterocycles. The molecular formula is C13H14F3NO4S. The molecule has 0 aliphatic carbocycles. The summed E-state index contributed by atoms with van der Waals surface area (Å²) in [5.74, 6) is -0.761. The highest BCUT2D eigenvalue weighted by molar-refractivity contribution is 8.00. The fourth-order valence-corrected chi connectivity index (χ4v) is 2.27. The van der Waals surface area contributed by atoms with Crippen LogP contribution < -0.4 is 0 Å². The van der Waals surface area contributed by atoms with E-state index in [9.17, 15) is 28.1 Å². The highest BCUT2D eigenvalue weighted by atomic mass is 32.2. The molecule has 1 rings (SSSR count). The number of nitro benzene ring substituents is 1. The number of nitrogens with zero attached hydrogens (tertiary/aromatic N) is 1. The number of hydrogen-bond acceptors (Lipinski definition) is 5. The number of thioether (sulfide) groups is 1. The Morgan fingerprint density at radius 2 is 2.09 bits per heavy atom. The predicted octanol–water partition coefficient (Wildman–Crippen LogP) is 4.05. The predicted molar refractivity (Wildman–Crippen MR) is 74.7 cm³/mol. The van der Waals surface area contributed by atoms with Crippen LogP contribution in [0, 0.1) is 10.1 Å². The van der Waals surface area contributed by atoms with Crippen LogP contribution in [-0.2, 0) is 15.7 Å². The minimum absolute atomic E-state index is 0.00885. The van der Waals surface area contributed by atoms with Gasteiger partial charge < -0.3 is 4.74 Å². The first-order valence-electron chi connectivity index (χ1n) is 6.39. The lowest BCUT2D eigenvalue weighted by atomic mass is 10.2.